The molecule has 1 heterocycles. The van der Waals surface area contributed by atoms with Crippen molar-refractivity contribution in [3.63, 3.8) is 0 Å². The Hall–Kier alpha value is -2.81. The van der Waals surface area contributed by atoms with E-state index in [2.05, 4.69) is 77.8 Å². The summed E-state index contributed by atoms with van der Waals surface area (Å²) in [7, 11) is -2.60. The van der Waals surface area contributed by atoms with E-state index < -0.39 is 7.26 Å². The van der Waals surface area contributed by atoms with Crippen molar-refractivity contribution >= 4 is 40.5 Å². The average Bonchev–Trinajstić information content (AvgIpc) is 3.24. The van der Waals surface area contributed by atoms with Gasteiger partial charge in [-0.1, -0.05) is 0 Å². The van der Waals surface area contributed by atoms with Gasteiger partial charge in [0.25, 0.3) is 0 Å². The minimum absolute atomic E-state index is 0.148. The summed E-state index contributed by atoms with van der Waals surface area (Å²) in [5, 5.41) is 3.63. The van der Waals surface area contributed by atoms with Crippen LogP contribution in [0.4, 0.5) is 0 Å². The van der Waals surface area contributed by atoms with Crippen LogP contribution in [0.2, 0.25) is 0 Å². The van der Waals surface area contributed by atoms with E-state index in [0.29, 0.717) is 19.2 Å². The zero-order valence-corrected chi connectivity index (χ0v) is 19.3. The summed E-state index contributed by atoms with van der Waals surface area (Å²) in [4.78, 5) is 18.6. The molecule has 1 aromatic heterocycles. The zero-order valence-electron chi connectivity index (χ0n) is 17.5. The van der Waals surface area contributed by atoms with Crippen LogP contribution in [0.25, 0.3) is 0 Å². The minimum atomic E-state index is -2.60. The van der Waals surface area contributed by atoms with E-state index in [4.69, 9.17) is 4.74 Å². The van der Waals surface area contributed by atoms with Gasteiger partial charge >= 0.3 is 188 Å². The van der Waals surface area contributed by atoms with Gasteiger partial charge in [0.2, 0.25) is 0 Å². The number of esters is 1. The second-order valence-corrected chi connectivity index (χ2v) is 12.3. The van der Waals surface area contributed by atoms with Crippen LogP contribution in [0.1, 0.15) is 10.6 Å². The molecule has 4 aromatic rings. The number of aryl methyl sites for hydroxylation is 1. The third-order valence-corrected chi connectivity index (χ3v) is 11.4. The summed E-state index contributed by atoms with van der Waals surface area (Å²) in [6, 6.07) is 31.3. The summed E-state index contributed by atoms with van der Waals surface area (Å²) in [6.45, 7) is 2.37. The van der Waals surface area contributed by atoms with Crippen molar-refractivity contribution in [3.8, 4) is 0 Å². The van der Waals surface area contributed by atoms with Gasteiger partial charge in [-0.15, -0.1) is 0 Å². The molecule has 0 bridgehead atoms. The molecular formula is C26H26NO2PS. The third-order valence-electron chi connectivity index (χ3n) is 5.65. The van der Waals surface area contributed by atoms with Gasteiger partial charge in [0.15, 0.2) is 0 Å². The normalized spacial score (nSPS) is 11.8. The Morgan fingerprint density at radius 2 is 1.32 bits per heavy atom. The van der Waals surface area contributed by atoms with Gasteiger partial charge in [-0.3, -0.25) is 0 Å². The molecule has 31 heavy (non-hydrogen) atoms. The van der Waals surface area contributed by atoms with Gasteiger partial charge in [-0.05, 0) is 0 Å². The van der Waals surface area contributed by atoms with Crippen molar-refractivity contribution in [1.82, 2.24) is 4.98 Å². The number of carbonyl (C=O) groups excluding carboxylic acids is 1. The first-order chi connectivity index (χ1) is 15.2. The van der Waals surface area contributed by atoms with Crippen LogP contribution in [-0.2, 0) is 16.0 Å². The number of carbonyl (C=O) groups is 1. The molecule has 0 unspecified atom stereocenters. The van der Waals surface area contributed by atoms with Crippen molar-refractivity contribution in [2.45, 2.75) is 13.3 Å². The topological polar surface area (TPSA) is 39.2 Å². The van der Waals surface area contributed by atoms with Gasteiger partial charge < -0.3 is 0 Å². The Balaban J connectivity index is 1.68. The van der Waals surface area contributed by atoms with Gasteiger partial charge in [0, 0.05) is 0 Å². The molecule has 0 fully saturated rings. The van der Waals surface area contributed by atoms with E-state index in [-0.39, 0.29) is 5.97 Å². The molecule has 0 aliphatic carbocycles. The zero-order chi connectivity index (χ0) is 21.5. The second-order valence-electron chi connectivity index (χ2n) is 7.51. The molecule has 158 valence electrons. The van der Waals surface area contributed by atoms with E-state index in [1.807, 2.05) is 30.6 Å². The van der Waals surface area contributed by atoms with Crippen LogP contribution in [-0.4, -0.2) is 23.7 Å². The van der Waals surface area contributed by atoms with E-state index >= 15 is 0 Å². The van der Waals surface area contributed by atoms with E-state index in [1.165, 1.54) is 20.8 Å². The van der Waals surface area contributed by atoms with Crippen LogP contribution >= 0.6 is 18.6 Å². The number of ether oxygens (including phenoxy) is 1. The Morgan fingerprint density at radius 3 is 1.74 bits per heavy atom. The fraction of sp³-hybridized carbons (Fsp3) is 0.154. The van der Waals surface area contributed by atoms with Crippen molar-refractivity contribution in [3.05, 3.63) is 107 Å². The number of rotatable bonds is 8. The van der Waals surface area contributed by atoms with Gasteiger partial charge in [0.05, 0.1) is 0 Å². The quantitative estimate of drug-likeness (QED) is 0.299. The number of benzene rings is 3. The van der Waals surface area contributed by atoms with Crippen molar-refractivity contribution < 1.29 is 9.53 Å². The van der Waals surface area contributed by atoms with Gasteiger partial charge in [-0.25, -0.2) is 0 Å². The Labute approximate surface area is 188 Å². The molecule has 0 atom stereocenters. The molecule has 0 saturated carbocycles. The van der Waals surface area contributed by atoms with Crippen LogP contribution in [0.3, 0.4) is 0 Å². The first kappa shape index (κ1) is 21.4. The monoisotopic (exact) mass is 447 g/mol. The fourth-order valence-electron chi connectivity index (χ4n) is 4.07. The van der Waals surface area contributed by atoms with Crippen molar-refractivity contribution in [1.29, 1.82) is 0 Å². The predicted molar refractivity (Wildman–Crippen MR) is 133 cm³/mol. The molecule has 0 N–H and O–H groups in total. The van der Waals surface area contributed by atoms with Crippen LogP contribution in [0, 0.1) is 6.92 Å². The second kappa shape index (κ2) is 10.00. The summed E-state index contributed by atoms with van der Waals surface area (Å²) in [5.41, 5.74) is 2.85. The number of thiazole rings is 1. The molecule has 0 radical (unpaired) electrons. The molecule has 3 aromatic carbocycles. The molecule has 5 heteroatoms. The van der Waals surface area contributed by atoms with Crippen LogP contribution in [0.5, 0.6) is 0 Å². The number of hydrogen-bond donors (Lipinski definition) is 0. The Bertz CT molecular complexity index is 1020. The Kier molecular flexibility index (Phi) is 6.91. The maximum atomic E-state index is 13.2. The molecular weight excluding hydrogens is 421 g/mol. The maximum absolute atomic E-state index is 13.2. The summed E-state index contributed by atoms with van der Waals surface area (Å²) in [5.74, 6) is -0.148. The molecule has 0 saturated heterocycles. The summed E-state index contributed by atoms with van der Waals surface area (Å²) in [6.07, 6.45) is 1.07. The molecule has 0 spiro atoms. The first-order valence-electron chi connectivity index (χ1n) is 10.4. The average molecular weight is 448 g/mol. The standard InChI is InChI=1S/C26H26NO2PS/c1-21-25(31-20-27-21)17-18-29-26(28)19-30(22-11-5-2-6-12-22,23-13-7-3-8-14-23)24-15-9-4-10-16-24/h2-16,20,30H,17-19H2,1H3. The van der Waals surface area contributed by atoms with Gasteiger partial charge in [0.1, 0.15) is 0 Å². The van der Waals surface area contributed by atoms with Gasteiger partial charge in [-0.2, -0.15) is 0 Å². The predicted octanol–water partition coefficient (Wildman–Crippen LogP) is 4.26. The summed E-state index contributed by atoms with van der Waals surface area (Å²) >= 11 is 1.61. The molecule has 0 aliphatic rings. The fourth-order valence-corrected chi connectivity index (χ4v) is 9.26. The summed E-state index contributed by atoms with van der Waals surface area (Å²) < 4.78 is 5.77. The van der Waals surface area contributed by atoms with Crippen molar-refractivity contribution in [2.75, 3.05) is 12.8 Å². The van der Waals surface area contributed by atoms with E-state index in [9.17, 15) is 4.79 Å². The van der Waals surface area contributed by atoms with Crippen molar-refractivity contribution in [2.24, 2.45) is 0 Å². The molecule has 3 nitrogen and oxygen atoms in total. The molecule has 0 aliphatic heterocycles. The first-order valence-corrected chi connectivity index (χ1v) is 13.5. The van der Waals surface area contributed by atoms with Crippen LogP contribution < -0.4 is 15.9 Å². The number of hydrogen-bond acceptors (Lipinski definition) is 4. The molecule has 4 rings (SSSR count). The van der Waals surface area contributed by atoms with E-state index in [1.54, 1.807) is 11.3 Å². The Morgan fingerprint density at radius 1 is 0.839 bits per heavy atom. The third kappa shape index (κ3) is 4.76. The molecule has 0 amide bonds. The van der Waals surface area contributed by atoms with E-state index in [0.717, 1.165) is 5.69 Å². The van der Waals surface area contributed by atoms with Crippen LogP contribution in [0.15, 0.2) is 96.5 Å². The SMILES string of the molecule is Cc1ncsc1CCOC(=O)C[PH](c1ccccc1)(c1ccccc1)c1ccccc1. The number of nitrogens with zero attached hydrogens (tertiary/aromatic N) is 1. The number of aromatic nitrogens is 1.